The molecule has 0 fully saturated rings. The van der Waals surface area contributed by atoms with Gasteiger partial charge in [-0.05, 0) is 83.5 Å². The molecule has 0 radical (unpaired) electrons. The van der Waals surface area contributed by atoms with Crippen LogP contribution in [0, 0.1) is 0 Å². The summed E-state index contributed by atoms with van der Waals surface area (Å²) in [4.78, 5) is 38.0. The van der Waals surface area contributed by atoms with Crippen LogP contribution in [0.2, 0.25) is 0 Å². The largest absolute Gasteiger partial charge is 0.462 e. The van der Waals surface area contributed by atoms with Gasteiger partial charge in [-0.2, -0.15) is 0 Å². The third-order valence-corrected chi connectivity index (χ3v) is 12.1. The number of carbonyl (C=O) groups is 3. The first-order valence-electron chi connectivity index (χ1n) is 27.6. The van der Waals surface area contributed by atoms with Gasteiger partial charge in [0, 0.05) is 19.3 Å². The zero-order valence-electron chi connectivity index (χ0n) is 42.6. The maximum absolute atomic E-state index is 12.8. The third kappa shape index (κ3) is 50.4. The van der Waals surface area contributed by atoms with Crippen molar-refractivity contribution in [3.8, 4) is 0 Å². The zero-order valence-corrected chi connectivity index (χ0v) is 42.6. The third-order valence-electron chi connectivity index (χ3n) is 12.1. The van der Waals surface area contributed by atoms with E-state index in [0.29, 0.717) is 19.3 Å². The Morgan fingerprint density at radius 2 is 0.562 bits per heavy atom. The Labute approximate surface area is 397 Å². The zero-order chi connectivity index (χ0) is 46.5. The van der Waals surface area contributed by atoms with Gasteiger partial charge in [-0.1, -0.05) is 230 Å². The second-order valence-corrected chi connectivity index (χ2v) is 18.5. The van der Waals surface area contributed by atoms with E-state index in [1.165, 1.54) is 161 Å². The molecule has 0 aromatic heterocycles. The number of ether oxygens (including phenoxy) is 3. The number of rotatable bonds is 50. The smallest absolute Gasteiger partial charge is 0.306 e. The average Bonchev–Trinajstić information content (AvgIpc) is 3.29. The number of unbranched alkanes of at least 4 members (excludes halogenated alkanes) is 31. The summed E-state index contributed by atoms with van der Waals surface area (Å²) < 4.78 is 16.8. The minimum absolute atomic E-state index is 0.0811. The second-order valence-electron chi connectivity index (χ2n) is 18.5. The van der Waals surface area contributed by atoms with E-state index in [4.69, 9.17) is 14.2 Å². The van der Waals surface area contributed by atoms with Crippen LogP contribution in [0.5, 0.6) is 0 Å². The SMILES string of the molecule is CCCCC/C=C\C/C=C\C/C=C\CCCCCCC(=O)O[C@H](COC(=O)CCCCCCCCC/C=C\CCCCCCCC)COC(=O)CCCCCCCCCCCCCC. The molecule has 0 unspecified atom stereocenters. The normalized spacial score (nSPS) is 12.4. The standard InChI is InChI=1S/C58H104O6/c1-4-7-10-13-16-19-22-25-27-29-31-33-36-39-42-45-48-51-57(60)63-54-55(53-62-56(59)50-47-44-41-38-35-24-21-18-15-12-9-6-3)64-58(61)52-49-46-43-40-37-34-32-30-28-26-23-20-17-14-11-8-5-2/h17,20,25-28,32,34,55H,4-16,18-19,21-24,29-31,33,35-54H2,1-3H3/b20-17-,27-25-,28-26-,34-32-/t55-/m0/s1. The molecule has 6 heteroatoms. The van der Waals surface area contributed by atoms with Gasteiger partial charge in [-0.3, -0.25) is 14.4 Å². The van der Waals surface area contributed by atoms with E-state index in [2.05, 4.69) is 69.4 Å². The summed E-state index contributed by atoms with van der Waals surface area (Å²) in [5, 5.41) is 0. The number of hydrogen-bond donors (Lipinski definition) is 0. The molecule has 0 heterocycles. The van der Waals surface area contributed by atoms with Crippen molar-refractivity contribution in [1.29, 1.82) is 0 Å². The highest BCUT2D eigenvalue weighted by molar-refractivity contribution is 5.71. The van der Waals surface area contributed by atoms with Crippen molar-refractivity contribution in [1.82, 2.24) is 0 Å². The van der Waals surface area contributed by atoms with Crippen LogP contribution >= 0.6 is 0 Å². The Hall–Kier alpha value is -2.63. The predicted octanol–water partition coefficient (Wildman–Crippen LogP) is 18.3. The number of esters is 3. The monoisotopic (exact) mass is 897 g/mol. The molecule has 0 bridgehead atoms. The van der Waals surface area contributed by atoms with E-state index < -0.39 is 6.10 Å². The molecule has 64 heavy (non-hydrogen) atoms. The van der Waals surface area contributed by atoms with E-state index in [-0.39, 0.29) is 31.1 Å². The van der Waals surface area contributed by atoms with Gasteiger partial charge in [-0.25, -0.2) is 0 Å². The summed E-state index contributed by atoms with van der Waals surface area (Å²) in [6, 6.07) is 0. The van der Waals surface area contributed by atoms with Crippen LogP contribution in [0.1, 0.15) is 284 Å². The van der Waals surface area contributed by atoms with Gasteiger partial charge >= 0.3 is 17.9 Å². The topological polar surface area (TPSA) is 78.9 Å². The van der Waals surface area contributed by atoms with Crippen molar-refractivity contribution >= 4 is 17.9 Å². The number of hydrogen-bond acceptors (Lipinski definition) is 6. The highest BCUT2D eigenvalue weighted by Crippen LogP contribution is 2.15. The van der Waals surface area contributed by atoms with E-state index in [9.17, 15) is 14.4 Å². The molecule has 0 aromatic carbocycles. The maximum Gasteiger partial charge on any atom is 0.306 e. The van der Waals surface area contributed by atoms with Crippen LogP contribution in [0.4, 0.5) is 0 Å². The summed E-state index contributed by atoms with van der Waals surface area (Å²) in [6.07, 6.45) is 63.8. The maximum atomic E-state index is 12.8. The minimum Gasteiger partial charge on any atom is -0.462 e. The van der Waals surface area contributed by atoms with Crippen LogP contribution in [-0.2, 0) is 28.6 Å². The molecule has 0 spiro atoms. The van der Waals surface area contributed by atoms with Gasteiger partial charge in [-0.15, -0.1) is 0 Å². The summed E-state index contributed by atoms with van der Waals surface area (Å²) in [6.45, 7) is 6.60. The lowest BCUT2D eigenvalue weighted by atomic mass is 10.0. The molecule has 1 atom stereocenters. The lowest BCUT2D eigenvalue weighted by Crippen LogP contribution is -2.30. The minimum atomic E-state index is -0.784. The first kappa shape index (κ1) is 61.4. The van der Waals surface area contributed by atoms with Crippen molar-refractivity contribution in [2.24, 2.45) is 0 Å². The fourth-order valence-corrected chi connectivity index (χ4v) is 7.86. The van der Waals surface area contributed by atoms with Gasteiger partial charge in [0.25, 0.3) is 0 Å². The van der Waals surface area contributed by atoms with E-state index in [1.807, 2.05) is 0 Å². The first-order valence-corrected chi connectivity index (χ1v) is 27.6. The predicted molar refractivity (Wildman–Crippen MR) is 275 cm³/mol. The van der Waals surface area contributed by atoms with E-state index in [1.54, 1.807) is 0 Å². The Morgan fingerprint density at radius 3 is 0.922 bits per heavy atom. The number of allylic oxidation sites excluding steroid dienone is 8. The molecule has 0 aliphatic rings. The van der Waals surface area contributed by atoms with Crippen LogP contribution < -0.4 is 0 Å². The summed E-state index contributed by atoms with van der Waals surface area (Å²) in [7, 11) is 0. The summed E-state index contributed by atoms with van der Waals surface area (Å²) in [5.74, 6) is -0.897. The van der Waals surface area contributed by atoms with Gasteiger partial charge in [0.1, 0.15) is 13.2 Å². The van der Waals surface area contributed by atoms with Crippen LogP contribution in [0.3, 0.4) is 0 Å². The van der Waals surface area contributed by atoms with Crippen molar-refractivity contribution in [2.45, 2.75) is 290 Å². The lowest BCUT2D eigenvalue weighted by molar-refractivity contribution is -0.167. The van der Waals surface area contributed by atoms with Gasteiger partial charge < -0.3 is 14.2 Å². The molecular formula is C58H104O6. The van der Waals surface area contributed by atoms with E-state index in [0.717, 1.165) is 83.5 Å². The Balaban J connectivity index is 4.39. The quantitative estimate of drug-likeness (QED) is 0.0262. The molecular weight excluding hydrogens is 793 g/mol. The molecule has 0 amide bonds. The average molecular weight is 897 g/mol. The molecule has 0 saturated carbocycles. The van der Waals surface area contributed by atoms with Gasteiger partial charge in [0.05, 0.1) is 0 Å². The second kappa shape index (κ2) is 53.0. The van der Waals surface area contributed by atoms with Crippen molar-refractivity contribution in [3.05, 3.63) is 48.6 Å². The molecule has 0 aromatic rings. The van der Waals surface area contributed by atoms with Crippen molar-refractivity contribution in [2.75, 3.05) is 13.2 Å². The van der Waals surface area contributed by atoms with Crippen molar-refractivity contribution < 1.29 is 28.6 Å². The molecule has 0 saturated heterocycles. The molecule has 0 aliphatic carbocycles. The lowest BCUT2D eigenvalue weighted by Gasteiger charge is -2.18. The fraction of sp³-hybridized carbons (Fsp3) is 0.810. The van der Waals surface area contributed by atoms with Gasteiger partial charge in [0.2, 0.25) is 0 Å². The Bertz CT molecular complexity index is 1120. The Kier molecular flexibility index (Phi) is 50.8. The highest BCUT2D eigenvalue weighted by atomic mass is 16.6. The summed E-state index contributed by atoms with van der Waals surface area (Å²) >= 11 is 0. The Morgan fingerprint density at radius 1 is 0.312 bits per heavy atom. The van der Waals surface area contributed by atoms with E-state index >= 15 is 0 Å². The molecule has 372 valence electrons. The highest BCUT2D eigenvalue weighted by Gasteiger charge is 2.19. The van der Waals surface area contributed by atoms with Crippen LogP contribution in [-0.4, -0.2) is 37.2 Å². The molecule has 0 aliphatic heterocycles. The molecule has 0 rings (SSSR count). The fourth-order valence-electron chi connectivity index (χ4n) is 7.86. The van der Waals surface area contributed by atoms with Gasteiger partial charge in [0.15, 0.2) is 6.10 Å². The molecule has 6 nitrogen and oxygen atoms in total. The number of carbonyl (C=O) groups excluding carboxylic acids is 3. The van der Waals surface area contributed by atoms with Crippen LogP contribution in [0.15, 0.2) is 48.6 Å². The van der Waals surface area contributed by atoms with Crippen LogP contribution in [0.25, 0.3) is 0 Å². The van der Waals surface area contributed by atoms with Crippen molar-refractivity contribution in [3.63, 3.8) is 0 Å². The summed E-state index contributed by atoms with van der Waals surface area (Å²) in [5.41, 5.74) is 0. The molecule has 0 N–H and O–H groups in total. The first-order chi connectivity index (χ1) is 31.5.